The van der Waals surface area contributed by atoms with E-state index in [-0.39, 0.29) is 30.3 Å². The lowest BCUT2D eigenvalue weighted by atomic mass is 9.83. The van der Waals surface area contributed by atoms with Crippen LogP contribution in [0.3, 0.4) is 0 Å². The van der Waals surface area contributed by atoms with Crippen LogP contribution in [0.2, 0.25) is 0 Å². The summed E-state index contributed by atoms with van der Waals surface area (Å²) in [7, 11) is 3.32. The smallest absolute Gasteiger partial charge is 0.308 e. The fourth-order valence-electron chi connectivity index (χ4n) is 4.17. The van der Waals surface area contributed by atoms with E-state index in [0.717, 1.165) is 5.56 Å². The zero-order chi connectivity index (χ0) is 19.6. The Morgan fingerprint density at radius 1 is 1.19 bits per heavy atom. The minimum atomic E-state index is -0.852. The van der Waals surface area contributed by atoms with Crippen molar-refractivity contribution < 1.29 is 24.2 Å². The fraction of sp³-hybridized carbons (Fsp3) is 0.550. The molecule has 1 aromatic rings. The molecule has 146 valence electrons. The first-order valence-electron chi connectivity index (χ1n) is 9.33. The van der Waals surface area contributed by atoms with Gasteiger partial charge in [-0.15, -0.1) is 0 Å². The van der Waals surface area contributed by atoms with Crippen molar-refractivity contribution in [2.75, 3.05) is 27.2 Å². The maximum atomic E-state index is 13.3. The van der Waals surface area contributed by atoms with Gasteiger partial charge in [-0.2, -0.15) is 0 Å². The normalized spacial score (nSPS) is 26.0. The van der Waals surface area contributed by atoms with E-state index in [0.29, 0.717) is 38.0 Å². The Kier molecular flexibility index (Phi) is 5.68. The molecule has 2 fully saturated rings. The molecular formula is C20H26N2O5. The number of hydrogen-bond donors (Lipinski definition) is 1. The number of aliphatic carboxylic acids is 1. The summed E-state index contributed by atoms with van der Waals surface area (Å²) >= 11 is 0. The molecule has 27 heavy (non-hydrogen) atoms. The van der Waals surface area contributed by atoms with Gasteiger partial charge >= 0.3 is 5.97 Å². The molecule has 0 bridgehead atoms. The number of rotatable bonds is 4. The monoisotopic (exact) mass is 374 g/mol. The van der Waals surface area contributed by atoms with Gasteiger partial charge in [-0.05, 0) is 37.0 Å². The first-order valence-corrected chi connectivity index (χ1v) is 9.33. The molecule has 2 saturated heterocycles. The van der Waals surface area contributed by atoms with Crippen LogP contribution < -0.4 is 4.74 Å². The van der Waals surface area contributed by atoms with Gasteiger partial charge in [-0.3, -0.25) is 14.4 Å². The lowest BCUT2D eigenvalue weighted by molar-refractivity contribution is -0.150. The number of piperidine rings is 2. The SMILES string of the molecule is COc1ccc(C2C(C(=O)N3CCCC(C(=O)O)C3)CCC(=O)N2C)cc1. The van der Waals surface area contributed by atoms with Crippen molar-refractivity contribution in [2.24, 2.45) is 11.8 Å². The van der Waals surface area contributed by atoms with Crippen LogP contribution in [0, 0.1) is 11.8 Å². The Morgan fingerprint density at radius 2 is 1.89 bits per heavy atom. The third kappa shape index (κ3) is 3.91. The second-order valence-corrected chi connectivity index (χ2v) is 7.33. The van der Waals surface area contributed by atoms with Gasteiger partial charge in [-0.1, -0.05) is 12.1 Å². The summed E-state index contributed by atoms with van der Waals surface area (Å²) in [6, 6.07) is 7.07. The van der Waals surface area contributed by atoms with Crippen molar-refractivity contribution in [3.63, 3.8) is 0 Å². The fourth-order valence-corrected chi connectivity index (χ4v) is 4.17. The lowest BCUT2D eigenvalue weighted by Gasteiger charge is -2.42. The van der Waals surface area contributed by atoms with Crippen LogP contribution in [-0.4, -0.2) is 59.9 Å². The van der Waals surface area contributed by atoms with Gasteiger partial charge in [0.05, 0.1) is 25.0 Å². The summed E-state index contributed by atoms with van der Waals surface area (Å²) in [5.41, 5.74) is 0.886. The summed E-state index contributed by atoms with van der Waals surface area (Å²) in [4.78, 5) is 40.2. The summed E-state index contributed by atoms with van der Waals surface area (Å²) in [6.45, 7) is 0.823. The molecule has 3 atom stereocenters. The molecule has 3 unspecified atom stereocenters. The van der Waals surface area contributed by atoms with E-state index < -0.39 is 11.9 Å². The van der Waals surface area contributed by atoms with Crippen molar-refractivity contribution >= 4 is 17.8 Å². The second kappa shape index (κ2) is 7.98. The van der Waals surface area contributed by atoms with Crippen molar-refractivity contribution in [1.82, 2.24) is 9.80 Å². The average Bonchev–Trinajstić information content (AvgIpc) is 2.69. The van der Waals surface area contributed by atoms with Crippen molar-refractivity contribution in [2.45, 2.75) is 31.7 Å². The maximum absolute atomic E-state index is 13.3. The number of hydrogen-bond acceptors (Lipinski definition) is 4. The number of carbonyl (C=O) groups is 3. The van der Waals surface area contributed by atoms with Crippen LogP contribution in [0.1, 0.15) is 37.3 Å². The topological polar surface area (TPSA) is 87.1 Å². The Hall–Kier alpha value is -2.57. The summed E-state index contributed by atoms with van der Waals surface area (Å²) in [5, 5.41) is 9.30. The molecule has 2 heterocycles. The first-order chi connectivity index (χ1) is 12.9. The van der Waals surface area contributed by atoms with E-state index >= 15 is 0 Å². The molecule has 1 aromatic carbocycles. The minimum Gasteiger partial charge on any atom is -0.497 e. The largest absolute Gasteiger partial charge is 0.497 e. The van der Waals surface area contributed by atoms with Gasteiger partial charge < -0.3 is 19.6 Å². The van der Waals surface area contributed by atoms with Crippen molar-refractivity contribution in [3.05, 3.63) is 29.8 Å². The van der Waals surface area contributed by atoms with Crippen LogP contribution in [0.5, 0.6) is 5.75 Å². The van der Waals surface area contributed by atoms with Crippen LogP contribution in [-0.2, 0) is 14.4 Å². The number of likely N-dealkylation sites (tertiary alicyclic amines) is 2. The number of carboxylic acid groups (broad SMARTS) is 1. The molecule has 0 spiro atoms. The average molecular weight is 374 g/mol. The van der Waals surface area contributed by atoms with Gasteiger partial charge in [0.15, 0.2) is 0 Å². The van der Waals surface area contributed by atoms with Gasteiger partial charge in [0.25, 0.3) is 0 Å². The van der Waals surface area contributed by atoms with Crippen LogP contribution >= 0.6 is 0 Å². The highest BCUT2D eigenvalue weighted by Gasteiger charge is 2.41. The van der Waals surface area contributed by atoms with E-state index in [1.165, 1.54) is 0 Å². The van der Waals surface area contributed by atoms with Gasteiger partial charge in [-0.25, -0.2) is 0 Å². The third-order valence-electron chi connectivity index (χ3n) is 5.72. The Bertz CT molecular complexity index is 718. The number of amides is 2. The van der Waals surface area contributed by atoms with Crippen LogP contribution in [0.4, 0.5) is 0 Å². The number of nitrogens with zero attached hydrogens (tertiary/aromatic N) is 2. The van der Waals surface area contributed by atoms with E-state index in [4.69, 9.17) is 4.74 Å². The minimum absolute atomic E-state index is 0.0157. The first kappa shape index (κ1) is 19.2. The van der Waals surface area contributed by atoms with Gasteiger partial charge in [0.2, 0.25) is 11.8 Å². The van der Waals surface area contributed by atoms with Crippen LogP contribution in [0.15, 0.2) is 24.3 Å². The number of carboxylic acids is 1. The molecule has 0 saturated carbocycles. The molecule has 2 aliphatic rings. The molecule has 2 aliphatic heterocycles. The summed E-state index contributed by atoms with van der Waals surface area (Å²) in [5.74, 6) is -1.05. The van der Waals surface area contributed by atoms with Crippen LogP contribution in [0.25, 0.3) is 0 Å². The Morgan fingerprint density at radius 3 is 2.52 bits per heavy atom. The summed E-state index contributed by atoms with van der Waals surface area (Å²) < 4.78 is 5.20. The number of ether oxygens (including phenoxy) is 1. The predicted molar refractivity (Wildman–Crippen MR) is 98.2 cm³/mol. The second-order valence-electron chi connectivity index (χ2n) is 7.33. The lowest BCUT2D eigenvalue weighted by Crippen LogP contribution is -2.50. The molecule has 7 heteroatoms. The highest BCUT2D eigenvalue weighted by Crippen LogP contribution is 2.38. The van der Waals surface area contributed by atoms with E-state index in [1.807, 2.05) is 24.3 Å². The quantitative estimate of drug-likeness (QED) is 0.870. The van der Waals surface area contributed by atoms with Gasteiger partial charge in [0, 0.05) is 26.6 Å². The highest BCUT2D eigenvalue weighted by molar-refractivity contribution is 5.85. The third-order valence-corrected chi connectivity index (χ3v) is 5.72. The molecule has 1 N–H and O–H groups in total. The molecule has 0 aliphatic carbocycles. The van der Waals surface area contributed by atoms with E-state index in [2.05, 4.69) is 0 Å². The standard InChI is InChI=1S/C20H26N2O5/c1-21-17(23)10-9-16(18(21)13-5-7-15(27-2)8-6-13)19(24)22-11-3-4-14(12-22)20(25)26/h5-8,14,16,18H,3-4,9-12H2,1-2H3,(H,25,26). The zero-order valence-corrected chi connectivity index (χ0v) is 15.8. The van der Waals surface area contributed by atoms with E-state index in [9.17, 15) is 19.5 Å². The molecule has 7 nitrogen and oxygen atoms in total. The number of benzene rings is 1. The highest BCUT2D eigenvalue weighted by atomic mass is 16.5. The van der Waals surface area contributed by atoms with Crippen molar-refractivity contribution in [3.8, 4) is 5.75 Å². The number of carbonyl (C=O) groups excluding carboxylic acids is 2. The Labute approximate surface area is 158 Å². The summed E-state index contributed by atoms with van der Waals surface area (Å²) in [6.07, 6.45) is 2.10. The number of methoxy groups -OCH3 is 1. The molecule has 0 radical (unpaired) electrons. The van der Waals surface area contributed by atoms with E-state index in [1.54, 1.807) is 24.0 Å². The maximum Gasteiger partial charge on any atom is 0.308 e. The van der Waals surface area contributed by atoms with Crippen molar-refractivity contribution in [1.29, 1.82) is 0 Å². The molecular weight excluding hydrogens is 348 g/mol. The predicted octanol–water partition coefficient (Wildman–Crippen LogP) is 1.93. The Balaban J connectivity index is 1.85. The zero-order valence-electron chi connectivity index (χ0n) is 15.8. The van der Waals surface area contributed by atoms with Gasteiger partial charge in [0.1, 0.15) is 5.75 Å². The molecule has 2 amide bonds. The molecule has 0 aromatic heterocycles. The molecule has 3 rings (SSSR count).